The summed E-state index contributed by atoms with van der Waals surface area (Å²) in [5.74, 6) is 0. The first kappa shape index (κ1) is 31.4. The molecule has 1 heterocycles. The van der Waals surface area contributed by atoms with E-state index in [2.05, 4.69) is 91.0 Å². The van der Waals surface area contributed by atoms with Gasteiger partial charge in [-0.05, 0) is 129 Å². The molecule has 11 aromatic rings. The number of nitrogens with zero attached hydrogens (tertiary/aromatic N) is 1. The van der Waals surface area contributed by atoms with Gasteiger partial charge in [-0.25, -0.2) is 0 Å². The van der Waals surface area contributed by atoms with E-state index in [0.717, 1.165) is 104 Å². The molecular formula is C50H26F3NO. The van der Waals surface area contributed by atoms with Gasteiger partial charge in [-0.2, -0.15) is 18.4 Å². The normalized spacial score (nSPS) is 12.3. The van der Waals surface area contributed by atoms with Gasteiger partial charge in [0, 0.05) is 10.8 Å². The first-order valence-electron chi connectivity index (χ1n) is 18.0. The highest BCUT2D eigenvalue weighted by atomic mass is 19.4. The maximum absolute atomic E-state index is 14.1. The molecule has 5 heteroatoms. The molecule has 0 aliphatic heterocycles. The Balaban J connectivity index is 1.21. The Bertz CT molecular complexity index is 3440. The van der Waals surface area contributed by atoms with Crippen LogP contribution in [0.25, 0.3) is 109 Å². The molecular weight excluding hydrogens is 688 g/mol. The lowest BCUT2D eigenvalue weighted by Gasteiger charge is -2.19. The van der Waals surface area contributed by atoms with Gasteiger partial charge in [-0.1, -0.05) is 115 Å². The average molecular weight is 714 g/mol. The second-order valence-electron chi connectivity index (χ2n) is 14.2. The molecule has 0 amide bonds. The molecule has 2 nitrogen and oxygen atoms in total. The van der Waals surface area contributed by atoms with E-state index in [1.54, 1.807) is 6.07 Å². The maximum Gasteiger partial charge on any atom is 0.416 e. The van der Waals surface area contributed by atoms with Crippen molar-refractivity contribution in [3.63, 3.8) is 0 Å². The molecule has 0 fully saturated rings. The van der Waals surface area contributed by atoms with Crippen LogP contribution in [0.15, 0.2) is 162 Å². The van der Waals surface area contributed by atoms with Crippen LogP contribution in [0.5, 0.6) is 0 Å². The molecule has 55 heavy (non-hydrogen) atoms. The van der Waals surface area contributed by atoms with Crippen LogP contribution in [0.1, 0.15) is 11.1 Å². The zero-order chi connectivity index (χ0) is 37.0. The van der Waals surface area contributed by atoms with Crippen LogP contribution in [0.3, 0.4) is 0 Å². The van der Waals surface area contributed by atoms with Crippen molar-refractivity contribution in [3.8, 4) is 28.3 Å². The van der Waals surface area contributed by atoms with Gasteiger partial charge in [0.25, 0.3) is 0 Å². The summed E-state index contributed by atoms with van der Waals surface area (Å²) in [5.41, 5.74) is 3.81. The Morgan fingerprint density at radius 2 is 0.964 bits per heavy atom. The van der Waals surface area contributed by atoms with Crippen molar-refractivity contribution in [2.75, 3.05) is 0 Å². The number of nitriles is 1. The highest BCUT2D eigenvalue weighted by Gasteiger charge is 2.32. The molecule has 0 bridgehead atoms. The second kappa shape index (κ2) is 11.4. The molecule has 0 atom stereocenters. The summed E-state index contributed by atoms with van der Waals surface area (Å²) in [7, 11) is 0. The number of hydrogen-bond acceptors (Lipinski definition) is 2. The Kier molecular flexibility index (Phi) is 6.51. The molecule has 0 aliphatic rings. The van der Waals surface area contributed by atoms with Crippen LogP contribution < -0.4 is 0 Å². The SMILES string of the molecule is N#Cc1cc(-c2c3ccccc3c(-c3ccc4c(c3)c3ccccc3c3cc5c(cc43)oc3ccc4ccccc4c35)c3ccccc23)cc(C(F)(F)F)c1. The molecule has 0 unspecified atom stereocenters. The summed E-state index contributed by atoms with van der Waals surface area (Å²) in [5, 5.41) is 24.4. The van der Waals surface area contributed by atoms with Crippen LogP contribution in [-0.2, 0) is 6.18 Å². The van der Waals surface area contributed by atoms with Gasteiger partial charge in [0.05, 0.1) is 17.2 Å². The highest BCUT2D eigenvalue weighted by molar-refractivity contribution is 6.31. The predicted octanol–water partition coefficient (Wildman–Crippen LogP) is 14.7. The monoisotopic (exact) mass is 713 g/mol. The molecule has 0 aliphatic carbocycles. The lowest BCUT2D eigenvalue weighted by molar-refractivity contribution is -0.137. The summed E-state index contributed by atoms with van der Waals surface area (Å²) in [4.78, 5) is 0. The lowest BCUT2D eigenvalue weighted by atomic mass is 9.84. The molecule has 0 saturated heterocycles. The molecule has 0 radical (unpaired) electrons. The van der Waals surface area contributed by atoms with Crippen LogP contribution in [-0.4, -0.2) is 0 Å². The number of benzene rings is 10. The topological polar surface area (TPSA) is 36.9 Å². The van der Waals surface area contributed by atoms with E-state index in [0.29, 0.717) is 11.1 Å². The molecule has 0 saturated carbocycles. The minimum Gasteiger partial charge on any atom is -0.456 e. The van der Waals surface area contributed by atoms with Crippen molar-refractivity contribution in [3.05, 3.63) is 169 Å². The van der Waals surface area contributed by atoms with Crippen molar-refractivity contribution in [2.45, 2.75) is 6.18 Å². The van der Waals surface area contributed by atoms with Crippen molar-refractivity contribution < 1.29 is 17.6 Å². The summed E-state index contributed by atoms with van der Waals surface area (Å²) in [6.45, 7) is 0. The molecule has 11 rings (SSSR count). The zero-order valence-electron chi connectivity index (χ0n) is 29.0. The molecule has 10 aromatic carbocycles. The third kappa shape index (κ3) is 4.62. The van der Waals surface area contributed by atoms with Crippen LogP contribution in [0.2, 0.25) is 0 Å². The van der Waals surface area contributed by atoms with E-state index in [1.807, 2.05) is 54.6 Å². The van der Waals surface area contributed by atoms with Gasteiger partial charge >= 0.3 is 6.18 Å². The number of rotatable bonds is 2. The van der Waals surface area contributed by atoms with E-state index < -0.39 is 11.7 Å². The Morgan fingerprint density at radius 3 is 1.60 bits per heavy atom. The largest absolute Gasteiger partial charge is 0.456 e. The van der Waals surface area contributed by atoms with Gasteiger partial charge in [-0.15, -0.1) is 0 Å². The third-order valence-electron chi connectivity index (χ3n) is 11.2. The van der Waals surface area contributed by atoms with Gasteiger partial charge in [0.15, 0.2) is 0 Å². The van der Waals surface area contributed by atoms with Crippen molar-refractivity contribution in [2.24, 2.45) is 0 Å². The van der Waals surface area contributed by atoms with Gasteiger partial charge in [-0.3, -0.25) is 0 Å². The standard InChI is InChI=1S/C50H26F3NO/c51-50(52,53)32-22-28(27-54)21-31(23-32)48-39-15-7-5-13-37(39)47(38-14-6-8-16-40(38)48)30-17-19-36-41(24-30)34-11-3-4-12-35(34)42-25-44-46(26-43(36)42)55-45-20-18-29-9-1-2-10-33(29)49(44)45/h1-26H. The molecule has 0 N–H and O–H groups in total. The third-order valence-corrected chi connectivity index (χ3v) is 11.2. The van der Waals surface area contributed by atoms with Gasteiger partial charge in [0.2, 0.25) is 0 Å². The number of alkyl halides is 3. The number of hydrogen-bond donors (Lipinski definition) is 0. The van der Waals surface area contributed by atoms with E-state index in [9.17, 15) is 18.4 Å². The van der Waals surface area contributed by atoms with E-state index in [-0.39, 0.29) is 5.56 Å². The fourth-order valence-corrected chi connectivity index (χ4v) is 8.90. The Labute approximate surface area is 311 Å². The first-order chi connectivity index (χ1) is 26.9. The van der Waals surface area contributed by atoms with E-state index >= 15 is 0 Å². The van der Waals surface area contributed by atoms with E-state index in [4.69, 9.17) is 4.42 Å². The van der Waals surface area contributed by atoms with Gasteiger partial charge < -0.3 is 4.42 Å². The van der Waals surface area contributed by atoms with Crippen LogP contribution in [0, 0.1) is 11.3 Å². The van der Waals surface area contributed by atoms with Crippen LogP contribution >= 0.6 is 0 Å². The highest BCUT2D eigenvalue weighted by Crippen LogP contribution is 2.47. The summed E-state index contributed by atoms with van der Waals surface area (Å²) in [6, 6.07) is 53.4. The Hall–Kier alpha value is -7.16. The number of fused-ring (bicyclic) bond motifs is 13. The smallest absolute Gasteiger partial charge is 0.416 e. The van der Waals surface area contributed by atoms with Crippen molar-refractivity contribution in [1.82, 2.24) is 0 Å². The zero-order valence-corrected chi connectivity index (χ0v) is 29.0. The minimum absolute atomic E-state index is 0.0380. The number of furan rings is 1. The fraction of sp³-hybridized carbons (Fsp3) is 0.0200. The van der Waals surface area contributed by atoms with Crippen molar-refractivity contribution >= 4 is 86.6 Å². The average Bonchev–Trinajstić information content (AvgIpc) is 3.59. The fourth-order valence-electron chi connectivity index (χ4n) is 8.90. The van der Waals surface area contributed by atoms with Crippen molar-refractivity contribution in [1.29, 1.82) is 5.26 Å². The quantitative estimate of drug-likeness (QED) is 0.132. The summed E-state index contributed by atoms with van der Waals surface area (Å²) in [6.07, 6.45) is -4.60. The summed E-state index contributed by atoms with van der Waals surface area (Å²) < 4.78 is 48.9. The first-order valence-corrected chi connectivity index (χ1v) is 18.0. The number of halogens is 3. The van der Waals surface area contributed by atoms with Gasteiger partial charge in [0.1, 0.15) is 11.2 Å². The molecule has 258 valence electrons. The molecule has 0 spiro atoms. The minimum atomic E-state index is -4.60. The lowest BCUT2D eigenvalue weighted by Crippen LogP contribution is -2.05. The van der Waals surface area contributed by atoms with Crippen LogP contribution in [0.4, 0.5) is 13.2 Å². The Morgan fingerprint density at radius 1 is 0.418 bits per heavy atom. The van der Waals surface area contributed by atoms with E-state index in [1.165, 1.54) is 5.39 Å². The maximum atomic E-state index is 14.1. The second-order valence-corrected chi connectivity index (χ2v) is 14.2. The molecule has 1 aromatic heterocycles. The summed E-state index contributed by atoms with van der Waals surface area (Å²) >= 11 is 0. The predicted molar refractivity (Wildman–Crippen MR) is 219 cm³/mol.